The van der Waals surface area contributed by atoms with Crippen molar-refractivity contribution in [2.24, 2.45) is 0 Å². The monoisotopic (exact) mass is 173 g/mol. The van der Waals surface area contributed by atoms with Crippen molar-refractivity contribution in [3.63, 3.8) is 0 Å². The first-order chi connectivity index (χ1) is 3.06. The highest BCUT2D eigenvalue weighted by Crippen LogP contribution is 2.38. The zero-order valence-electron chi connectivity index (χ0n) is 5.38. The molecule has 0 aliphatic rings. The van der Waals surface area contributed by atoms with Gasteiger partial charge in [-0.15, -0.1) is 0 Å². The Balaban J connectivity index is 0. The van der Waals surface area contributed by atoms with Gasteiger partial charge in [0.1, 0.15) is 0 Å². The van der Waals surface area contributed by atoms with E-state index in [0.29, 0.717) is 6.61 Å². The van der Waals surface area contributed by atoms with Gasteiger partial charge in [0.2, 0.25) is 0 Å². The van der Waals surface area contributed by atoms with Crippen LogP contribution in [0.25, 0.3) is 0 Å². The average molecular weight is 173 g/mol. The molecule has 0 radical (unpaired) electrons. The molecule has 0 spiro atoms. The second-order valence-electron chi connectivity index (χ2n) is 1.19. The summed E-state index contributed by atoms with van der Waals surface area (Å²) >= 11 is 9.58. The van der Waals surface area contributed by atoms with E-state index in [0.717, 1.165) is 0 Å². The van der Waals surface area contributed by atoms with Gasteiger partial charge in [0.25, 0.3) is 0 Å². The summed E-state index contributed by atoms with van der Waals surface area (Å²) in [5.41, 5.74) is -1.75. The van der Waals surface area contributed by atoms with Gasteiger partial charge in [-0.05, 0) is 13.6 Å². The largest absolute Gasteiger partial charge is 0.720 e. The van der Waals surface area contributed by atoms with Crippen LogP contribution in [0.2, 0.25) is 0 Å². The molecule has 0 heterocycles. The second kappa shape index (κ2) is 4.77. The van der Waals surface area contributed by atoms with Crippen LogP contribution in [0.1, 0.15) is 6.92 Å². The van der Waals surface area contributed by atoms with E-state index < -0.39 is 5.47 Å². The van der Waals surface area contributed by atoms with Gasteiger partial charge >= 0.3 is 0 Å². The third kappa shape index (κ3) is 10.0. The van der Waals surface area contributed by atoms with E-state index in [1.165, 1.54) is 0 Å². The summed E-state index contributed by atoms with van der Waals surface area (Å²) in [6, 6.07) is 0. The predicted molar refractivity (Wildman–Crippen MR) is 45.2 cm³/mol. The van der Waals surface area contributed by atoms with Crippen molar-refractivity contribution in [2.75, 3.05) is 13.3 Å². The van der Waals surface area contributed by atoms with Crippen LogP contribution in [0.3, 0.4) is 0 Å². The minimum absolute atomic E-state index is 0. The summed E-state index contributed by atoms with van der Waals surface area (Å²) in [5.74, 6) is 0. The number of quaternary nitrogens is 1. The van der Waals surface area contributed by atoms with Crippen molar-refractivity contribution in [2.45, 2.75) is 6.92 Å². The molecule has 0 aliphatic heterocycles. The molecule has 0 aromatic rings. The van der Waals surface area contributed by atoms with Crippen molar-refractivity contribution < 1.29 is 4.52 Å². The molecule has 4 N–H and O–H groups in total. The number of rotatable bonds is 2. The minimum atomic E-state index is -1.75. The average Bonchev–Trinajstić information content (AvgIpc) is 1.30. The lowest BCUT2D eigenvalue weighted by molar-refractivity contribution is 0.388. The molecule has 52 valence electrons. The molecule has 5 heteroatoms. The Morgan fingerprint density at radius 1 is 1.75 bits per heavy atom. The van der Waals surface area contributed by atoms with Crippen LogP contribution in [0.15, 0.2) is 0 Å². The fourth-order valence-corrected chi connectivity index (χ4v) is 1.34. The fourth-order valence-electron chi connectivity index (χ4n) is 0.235. The minimum Gasteiger partial charge on any atom is -0.720 e. The van der Waals surface area contributed by atoms with Crippen molar-refractivity contribution >= 4 is 29.5 Å². The maximum Gasteiger partial charge on any atom is 0.0465 e. The van der Waals surface area contributed by atoms with E-state index in [-0.39, 0.29) is 6.15 Å². The standard InChI is InChI=1S/C3H9OPS2.H3N/c1-3-4-5(2,6)7;/h3H2,1-2H3,(H,6,7);1H3. The molecule has 2 nitrogen and oxygen atoms in total. The molecule has 0 aromatic carbocycles. The molecule has 0 aliphatic carbocycles. The zero-order chi connectivity index (χ0) is 5.91. The molecule has 0 saturated heterocycles. The molecule has 0 amide bonds. The highest BCUT2D eigenvalue weighted by Gasteiger charge is 1.84. The second-order valence-corrected chi connectivity index (χ2v) is 7.86. The summed E-state index contributed by atoms with van der Waals surface area (Å²) < 4.78 is 4.97. The predicted octanol–water partition coefficient (Wildman–Crippen LogP) is 1.89. The van der Waals surface area contributed by atoms with E-state index in [1.807, 2.05) is 6.92 Å². The first kappa shape index (κ1) is 11.7. The van der Waals surface area contributed by atoms with Gasteiger partial charge < -0.3 is 22.9 Å². The van der Waals surface area contributed by atoms with Gasteiger partial charge in [0, 0.05) is 6.61 Å². The van der Waals surface area contributed by atoms with Crippen LogP contribution in [0.5, 0.6) is 0 Å². The maximum absolute atomic E-state index is 4.97. The van der Waals surface area contributed by atoms with Crippen LogP contribution in [0, 0.1) is 0 Å². The Hall–Kier alpha value is 0.920. The smallest absolute Gasteiger partial charge is 0.0465 e. The molecule has 0 rings (SSSR count). The first-order valence-corrected chi connectivity index (χ1v) is 6.17. The summed E-state index contributed by atoms with van der Waals surface area (Å²) in [4.78, 5) is 0. The Bertz CT molecular complexity index is 91.3. The van der Waals surface area contributed by atoms with E-state index in [4.69, 9.17) is 28.6 Å². The zero-order valence-corrected chi connectivity index (χ0v) is 7.91. The summed E-state index contributed by atoms with van der Waals surface area (Å²) in [6.45, 7) is 4.34. The normalized spacial score (nSPS) is 16.4. The van der Waals surface area contributed by atoms with E-state index in [2.05, 4.69) is 0 Å². The lowest BCUT2D eigenvalue weighted by Crippen LogP contribution is -1.81. The van der Waals surface area contributed by atoms with Crippen LogP contribution in [-0.2, 0) is 28.6 Å². The van der Waals surface area contributed by atoms with Crippen LogP contribution in [0.4, 0.5) is 0 Å². The lowest BCUT2D eigenvalue weighted by Gasteiger charge is -2.21. The Kier molecular flexibility index (Phi) is 6.96. The third-order valence-electron chi connectivity index (χ3n) is 0.364. The van der Waals surface area contributed by atoms with Crippen LogP contribution in [-0.4, -0.2) is 13.3 Å². The quantitative estimate of drug-likeness (QED) is 0.512. The van der Waals surface area contributed by atoms with Gasteiger partial charge in [-0.25, -0.2) is 0 Å². The molecule has 8 heavy (non-hydrogen) atoms. The SMILES string of the molecule is CCOP(C)(=S)[S-].[NH4+]. The number of hydrogen-bond acceptors (Lipinski definition) is 3. The molecule has 0 bridgehead atoms. The topological polar surface area (TPSA) is 45.7 Å². The van der Waals surface area contributed by atoms with E-state index in [1.54, 1.807) is 6.66 Å². The van der Waals surface area contributed by atoms with Gasteiger partial charge in [-0.3, -0.25) is 0 Å². The van der Waals surface area contributed by atoms with Crippen LogP contribution >= 0.6 is 5.47 Å². The van der Waals surface area contributed by atoms with Crippen molar-refractivity contribution in [1.29, 1.82) is 0 Å². The van der Waals surface area contributed by atoms with Crippen LogP contribution < -0.4 is 6.15 Å². The highest BCUT2D eigenvalue weighted by atomic mass is 32.9. The Morgan fingerprint density at radius 2 is 2.12 bits per heavy atom. The Labute approximate surface area is 60.8 Å². The first-order valence-electron chi connectivity index (χ1n) is 1.99. The fraction of sp³-hybridized carbons (Fsp3) is 1.00. The molecule has 1 unspecified atom stereocenters. The van der Waals surface area contributed by atoms with Gasteiger partial charge in [0.15, 0.2) is 0 Å². The van der Waals surface area contributed by atoms with E-state index in [9.17, 15) is 0 Å². The van der Waals surface area contributed by atoms with Crippen molar-refractivity contribution in [1.82, 2.24) is 6.15 Å². The molecular weight excluding hydrogens is 161 g/mol. The molecule has 0 fully saturated rings. The molecular formula is C3H12NOPS2. The van der Waals surface area contributed by atoms with Gasteiger partial charge in [-0.2, -0.15) is 0 Å². The summed E-state index contributed by atoms with van der Waals surface area (Å²) in [5, 5.41) is 0. The molecule has 0 aromatic heterocycles. The van der Waals surface area contributed by atoms with Gasteiger partial charge in [0.05, 0.1) is 0 Å². The van der Waals surface area contributed by atoms with Gasteiger partial charge in [-0.1, -0.05) is 17.3 Å². The summed E-state index contributed by atoms with van der Waals surface area (Å²) in [6.07, 6.45) is 0. The Morgan fingerprint density at radius 3 is 2.12 bits per heavy atom. The van der Waals surface area contributed by atoms with E-state index >= 15 is 0 Å². The molecule has 0 saturated carbocycles. The lowest BCUT2D eigenvalue weighted by atomic mass is 10.9. The van der Waals surface area contributed by atoms with Crippen molar-refractivity contribution in [3.05, 3.63) is 0 Å². The highest BCUT2D eigenvalue weighted by molar-refractivity contribution is 8.53. The maximum atomic E-state index is 4.97. The number of hydrogen-bond donors (Lipinski definition) is 1. The summed E-state index contributed by atoms with van der Waals surface area (Å²) in [7, 11) is 0. The van der Waals surface area contributed by atoms with Crippen molar-refractivity contribution in [3.8, 4) is 0 Å². The third-order valence-corrected chi connectivity index (χ3v) is 1.72. The molecule has 1 atom stereocenters.